The lowest BCUT2D eigenvalue weighted by atomic mass is 10.0. The number of aliphatic hydroxyl groups excluding tert-OH is 2. The summed E-state index contributed by atoms with van der Waals surface area (Å²) in [7, 11) is 0. The molecule has 0 heterocycles. The van der Waals surface area contributed by atoms with E-state index in [4.69, 9.17) is 4.74 Å². The van der Waals surface area contributed by atoms with Crippen LogP contribution in [0, 0.1) is 0 Å². The van der Waals surface area contributed by atoms with Crippen molar-refractivity contribution in [2.75, 3.05) is 13.2 Å². The van der Waals surface area contributed by atoms with E-state index < -0.39 is 12.1 Å². The maximum absolute atomic E-state index is 12.5. The highest BCUT2D eigenvalue weighted by molar-refractivity contribution is 5.76. The molecule has 0 aromatic rings. The van der Waals surface area contributed by atoms with E-state index in [1.54, 1.807) is 6.08 Å². The molecule has 0 saturated heterocycles. The summed E-state index contributed by atoms with van der Waals surface area (Å²) in [6.07, 6.45) is 93.9. The van der Waals surface area contributed by atoms with Crippen LogP contribution in [0.3, 0.4) is 0 Å². The summed E-state index contributed by atoms with van der Waals surface area (Å²) in [6, 6.07) is -0.629. The molecule has 0 fully saturated rings. The highest BCUT2D eigenvalue weighted by Gasteiger charge is 2.18. The fourth-order valence-corrected chi connectivity index (χ4v) is 11.9. The SMILES string of the molecule is CCCCCCCCCCCCCCCCCCCC/C=C/C(O)C(CO)NC(=O)CCCCCCCCCCCCCCCCC/C=C\C/C=C\CCCCCCCCCCCOC(=O)CCCCCCCCCCCCCCCCC. The number of nitrogens with one attached hydrogen (secondary N) is 1. The van der Waals surface area contributed by atoms with Crippen LogP contribution < -0.4 is 5.32 Å². The van der Waals surface area contributed by atoms with Crippen LogP contribution in [0.15, 0.2) is 36.5 Å². The molecule has 0 radical (unpaired) electrons. The van der Waals surface area contributed by atoms with Gasteiger partial charge in [0, 0.05) is 12.8 Å². The van der Waals surface area contributed by atoms with Crippen molar-refractivity contribution >= 4 is 11.9 Å². The van der Waals surface area contributed by atoms with Crippen LogP contribution >= 0.6 is 0 Å². The van der Waals surface area contributed by atoms with Crippen molar-refractivity contribution in [3.05, 3.63) is 36.5 Å². The Morgan fingerprint density at radius 3 is 0.916 bits per heavy atom. The minimum atomic E-state index is -0.845. The van der Waals surface area contributed by atoms with E-state index in [0.29, 0.717) is 19.4 Å². The molecule has 83 heavy (non-hydrogen) atoms. The van der Waals surface area contributed by atoms with Gasteiger partial charge in [-0.2, -0.15) is 0 Å². The lowest BCUT2D eigenvalue weighted by Gasteiger charge is -2.20. The first-order chi connectivity index (χ1) is 41.0. The first-order valence-corrected chi connectivity index (χ1v) is 37.8. The molecule has 0 aromatic carbocycles. The zero-order valence-electron chi connectivity index (χ0n) is 56.2. The number of amides is 1. The zero-order valence-corrected chi connectivity index (χ0v) is 56.2. The Morgan fingerprint density at radius 1 is 0.337 bits per heavy atom. The van der Waals surface area contributed by atoms with Gasteiger partial charge in [-0.05, 0) is 64.2 Å². The number of ether oxygens (including phenoxy) is 1. The van der Waals surface area contributed by atoms with Gasteiger partial charge in [-0.3, -0.25) is 9.59 Å². The topological polar surface area (TPSA) is 95.9 Å². The normalized spacial score (nSPS) is 12.7. The third-order valence-electron chi connectivity index (χ3n) is 17.7. The maximum Gasteiger partial charge on any atom is 0.305 e. The van der Waals surface area contributed by atoms with Crippen molar-refractivity contribution in [2.45, 2.75) is 431 Å². The second-order valence-corrected chi connectivity index (χ2v) is 26.0. The van der Waals surface area contributed by atoms with Gasteiger partial charge in [-0.15, -0.1) is 0 Å². The Labute approximate surface area is 519 Å². The number of hydrogen-bond acceptors (Lipinski definition) is 5. The van der Waals surface area contributed by atoms with Crippen molar-refractivity contribution in [3.63, 3.8) is 0 Å². The molecule has 2 unspecified atom stereocenters. The van der Waals surface area contributed by atoms with Crippen LogP contribution in [0.5, 0.6) is 0 Å². The fraction of sp³-hybridized carbons (Fsp3) is 0.896. The van der Waals surface area contributed by atoms with E-state index in [9.17, 15) is 19.8 Å². The molecule has 0 aliphatic heterocycles. The van der Waals surface area contributed by atoms with Gasteiger partial charge in [0.1, 0.15) is 0 Å². The van der Waals surface area contributed by atoms with E-state index in [1.807, 2.05) is 6.08 Å². The number of aliphatic hydroxyl groups is 2. The molecule has 1 amide bonds. The maximum atomic E-state index is 12.5. The molecule has 0 saturated carbocycles. The predicted molar refractivity (Wildman–Crippen MR) is 366 cm³/mol. The summed E-state index contributed by atoms with van der Waals surface area (Å²) < 4.78 is 5.50. The first kappa shape index (κ1) is 81.1. The largest absolute Gasteiger partial charge is 0.466 e. The van der Waals surface area contributed by atoms with Crippen molar-refractivity contribution in [2.24, 2.45) is 0 Å². The molecule has 2 atom stereocenters. The Kier molecular flexibility index (Phi) is 70.9. The number of allylic oxidation sites excluding steroid dienone is 5. The smallest absolute Gasteiger partial charge is 0.305 e. The van der Waals surface area contributed by atoms with E-state index in [-0.39, 0.29) is 18.5 Å². The van der Waals surface area contributed by atoms with E-state index in [1.165, 1.54) is 347 Å². The summed E-state index contributed by atoms with van der Waals surface area (Å²) in [5.74, 6) is -0.0471. The first-order valence-electron chi connectivity index (χ1n) is 37.8. The Morgan fingerprint density at radius 2 is 0.602 bits per heavy atom. The van der Waals surface area contributed by atoms with Crippen LogP contribution in [0.1, 0.15) is 418 Å². The van der Waals surface area contributed by atoms with Gasteiger partial charge in [-0.25, -0.2) is 0 Å². The average Bonchev–Trinajstić information content (AvgIpc) is 3.49. The summed E-state index contributed by atoms with van der Waals surface area (Å²) in [5.41, 5.74) is 0. The molecule has 0 aliphatic carbocycles. The van der Waals surface area contributed by atoms with Gasteiger partial charge in [-0.1, -0.05) is 378 Å². The quantitative estimate of drug-likeness (QED) is 0.0320. The lowest BCUT2D eigenvalue weighted by Crippen LogP contribution is -2.45. The highest BCUT2D eigenvalue weighted by Crippen LogP contribution is 2.19. The number of rotatable bonds is 71. The molecular formula is C77H147NO5. The third kappa shape index (κ3) is 69.1. The molecule has 6 nitrogen and oxygen atoms in total. The van der Waals surface area contributed by atoms with Gasteiger partial charge in [0.25, 0.3) is 0 Å². The summed E-state index contributed by atoms with van der Waals surface area (Å²) in [4.78, 5) is 24.6. The van der Waals surface area contributed by atoms with Gasteiger partial charge in [0.05, 0.1) is 25.4 Å². The number of carbonyl (C=O) groups excluding carboxylic acids is 2. The Hall–Kier alpha value is -1.92. The molecule has 0 aromatic heterocycles. The molecule has 6 heteroatoms. The predicted octanol–water partition coefficient (Wildman–Crippen LogP) is 24.7. The number of esters is 1. The summed E-state index contributed by atoms with van der Waals surface area (Å²) in [5, 5.41) is 23.3. The van der Waals surface area contributed by atoms with Crippen LogP contribution in [0.25, 0.3) is 0 Å². The minimum Gasteiger partial charge on any atom is -0.466 e. The molecule has 0 bridgehead atoms. The standard InChI is InChI=1S/C77H147NO5/c1-3-5-7-9-11-13-15-17-19-20-21-35-38-42-45-49-53-57-61-65-69-75(80)74(73-79)78-76(81)70-66-62-58-54-50-46-43-39-36-33-31-29-27-25-23-22-24-26-28-30-32-34-37-40-44-48-52-56-60-64-68-72-83-77(82)71-67-63-59-55-51-47-41-18-16-14-12-10-8-6-4-2/h24,26,30,32,65,69,74-75,79-80H,3-23,25,27-29,31,33-64,66-68,70-73H2,1-2H3,(H,78,81)/b26-24-,32-30-,69-65+. The Bertz CT molecular complexity index is 1340. The second-order valence-electron chi connectivity index (χ2n) is 26.0. The molecule has 490 valence electrons. The van der Waals surface area contributed by atoms with Crippen LogP contribution in [0.2, 0.25) is 0 Å². The van der Waals surface area contributed by atoms with E-state index in [0.717, 1.165) is 44.9 Å². The molecule has 3 N–H and O–H groups in total. The van der Waals surface area contributed by atoms with Gasteiger partial charge >= 0.3 is 5.97 Å². The second kappa shape index (κ2) is 72.6. The molecule has 0 spiro atoms. The van der Waals surface area contributed by atoms with Crippen molar-refractivity contribution in [3.8, 4) is 0 Å². The summed E-state index contributed by atoms with van der Waals surface area (Å²) in [6.45, 7) is 4.95. The minimum absolute atomic E-state index is 0.0164. The average molecular weight is 1170 g/mol. The van der Waals surface area contributed by atoms with Gasteiger partial charge < -0.3 is 20.3 Å². The van der Waals surface area contributed by atoms with Crippen LogP contribution in [-0.2, 0) is 14.3 Å². The summed E-state index contributed by atoms with van der Waals surface area (Å²) >= 11 is 0. The number of carbonyl (C=O) groups is 2. The van der Waals surface area contributed by atoms with Crippen molar-refractivity contribution in [1.82, 2.24) is 5.32 Å². The fourth-order valence-electron chi connectivity index (χ4n) is 11.9. The third-order valence-corrected chi connectivity index (χ3v) is 17.7. The van der Waals surface area contributed by atoms with Crippen molar-refractivity contribution < 1.29 is 24.5 Å². The molecule has 0 rings (SSSR count). The highest BCUT2D eigenvalue weighted by atomic mass is 16.5. The van der Waals surface area contributed by atoms with E-state index in [2.05, 4.69) is 43.5 Å². The van der Waals surface area contributed by atoms with Crippen LogP contribution in [0.4, 0.5) is 0 Å². The number of hydrogen-bond donors (Lipinski definition) is 3. The van der Waals surface area contributed by atoms with E-state index >= 15 is 0 Å². The molecule has 0 aliphatic rings. The number of unbranched alkanes of at least 4 members (excludes halogenated alkanes) is 56. The lowest BCUT2D eigenvalue weighted by molar-refractivity contribution is -0.143. The van der Waals surface area contributed by atoms with Gasteiger partial charge in [0.15, 0.2) is 0 Å². The monoisotopic (exact) mass is 1170 g/mol. The van der Waals surface area contributed by atoms with Crippen molar-refractivity contribution in [1.29, 1.82) is 0 Å². The Balaban J connectivity index is 3.41. The van der Waals surface area contributed by atoms with Gasteiger partial charge in [0.2, 0.25) is 5.91 Å². The van der Waals surface area contributed by atoms with Crippen LogP contribution in [-0.4, -0.2) is 47.4 Å². The zero-order chi connectivity index (χ0) is 59.9. The molecular weight excluding hydrogens is 1020 g/mol.